The maximum Gasteiger partial charge on any atom is 0.317 e. The first-order valence-electron chi connectivity index (χ1n) is 12.9. The number of carboxylic acid groups (broad SMARTS) is 3. The van der Waals surface area contributed by atoms with E-state index in [0.29, 0.717) is 39.1 Å². The van der Waals surface area contributed by atoms with Gasteiger partial charge < -0.3 is 20.6 Å². The van der Waals surface area contributed by atoms with Crippen LogP contribution in [0.2, 0.25) is 0 Å². The Morgan fingerprint density at radius 1 is 0.838 bits per heavy atom. The molecule has 0 radical (unpaired) electrons. The highest BCUT2D eigenvalue weighted by Crippen LogP contribution is 2.16. The van der Waals surface area contributed by atoms with Crippen LogP contribution >= 0.6 is 12.2 Å². The topological polar surface area (TPSA) is 134 Å². The first-order valence-corrected chi connectivity index (χ1v) is 13.3. The van der Waals surface area contributed by atoms with E-state index in [9.17, 15) is 29.7 Å². The molecule has 1 aromatic rings. The average Bonchev–Trinajstić information content (AvgIpc) is 2.93. The molecular formula is C26H44N4O6S. The molecule has 1 aliphatic heterocycles. The second-order valence-electron chi connectivity index (χ2n) is 8.12. The van der Waals surface area contributed by atoms with E-state index >= 15 is 0 Å². The number of aliphatic carboxylic acids is 3. The number of anilines is 1. The monoisotopic (exact) mass is 540 g/mol. The lowest BCUT2D eigenvalue weighted by atomic mass is 10.0. The van der Waals surface area contributed by atoms with Gasteiger partial charge in [0.25, 0.3) is 0 Å². The molecular weight excluding hydrogens is 496 g/mol. The Balaban J connectivity index is 0.00000308. The second-order valence-corrected chi connectivity index (χ2v) is 8.61. The number of nitrogens with zero attached hydrogens (tertiary/aromatic N) is 3. The van der Waals surface area contributed by atoms with Crippen molar-refractivity contribution >= 4 is 40.8 Å². The number of hydrogen-bond donors (Lipinski definition) is 4. The molecule has 4 N–H and O–H groups in total. The lowest BCUT2D eigenvalue weighted by Crippen LogP contribution is -2.49. The van der Waals surface area contributed by atoms with E-state index in [1.165, 1.54) is 0 Å². The third-order valence-electron chi connectivity index (χ3n) is 5.51. The van der Waals surface area contributed by atoms with E-state index in [4.69, 9.17) is 12.2 Å². The zero-order chi connectivity index (χ0) is 28.4. The van der Waals surface area contributed by atoms with Crippen molar-refractivity contribution in [1.82, 2.24) is 14.7 Å². The zero-order valence-corrected chi connectivity index (χ0v) is 23.6. The quantitative estimate of drug-likeness (QED) is 0.326. The normalized spacial score (nSPS) is 16.9. The van der Waals surface area contributed by atoms with Crippen molar-refractivity contribution in [1.29, 1.82) is 0 Å². The molecule has 210 valence electrons. The molecule has 0 bridgehead atoms. The minimum atomic E-state index is -0.985. The Labute approximate surface area is 226 Å². The molecule has 1 aliphatic rings. The van der Waals surface area contributed by atoms with Crippen molar-refractivity contribution in [3.63, 3.8) is 0 Å². The summed E-state index contributed by atoms with van der Waals surface area (Å²) in [6, 6.07) is 7.48. The third kappa shape index (κ3) is 14.7. The molecule has 1 atom stereocenters. The summed E-state index contributed by atoms with van der Waals surface area (Å²) in [5, 5.41) is 31.2. The minimum Gasteiger partial charge on any atom is -0.480 e. The van der Waals surface area contributed by atoms with Crippen LogP contribution in [0.15, 0.2) is 24.3 Å². The molecule has 0 aromatic heterocycles. The Kier molecular flexibility index (Phi) is 18.1. The molecule has 1 heterocycles. The number of rotatable bonds is 10. The third-order valence-corrected chi connectivity index (χ3v) is 5.90. The van der Waals surface area contributed by atoms with Gasteiger partial charge in [-0.1, -0.05) is 59.0 Å². The Bertz CT molecular complexity index is 837. The number of carbonyl (C=O) groups is 3. The van der Waals surface area contributed by atoms with Gasteiger partial charge in [0.2, 0.25) is 0 Å². The predicted octanol–water partition coefficient (Wildman–Crippen LogP) is 2.97. The molecule has 10 nitrogen and oxygen atoms in total. The van der Waals surface area contributed by atoms with Gasteiger partial charge in [0.15, 0.2) is 0 Å². The first-order chi connectivity index (χ1) is 17.7. The van der Waals surface area contributed by atoms with Gasteiger partial charge in [0.05, 0.1) is 24.6 Å². The van der Waals surface area contributed by atoms with Crippen LogP contribution in [0.4, 0.5) is 5.69 Å². The maximum absolute atomic E-state index is 11.6. The number of thiocarbonyl (C=S) groups is 1. The van der Waals surface area contributed by atoms with Gasteiger partial charge in [-0.25, -0.2) is 0 Å². The predicted molar refractivity (Wildman–Crippen MR) is 151 cm³/mol. The summed E-state index contributed by atoms with van der Waals surface area (Å²) in [6.07, 6.45) is 1.27. The fourth-order valence-electron chi connectivity index (χ4n) is 3.86. The lowest BCUT2D eigenvalue weighted by molar-refractivity contribution is -0.140. The van der Waals surface area contributed by atoms with E-state index in [1.54, 1.807) is 14.7 Å². The van der Waals surface area contributed by atoms with Crippen LogP contribution in [0, 0.1) is 0 Å². The van der Waals surface area contributed by atoms with E-state index < -0.39 is 17.9 Å². The number of nitrogens with one attached hydrogen (secondary N) is 1. The summed E-state index contributed by atoms with van der Waals surface area (Å²) in [5.74, 6) is -2.94. The largest absolute Gasteiger partial charge is 0.480 e. The lowest BCUT2D eigenvalue weighted by Gasteiger charge is -2.33. The Morgan fingerprint density at radius 3 is 1.84 bits per heavy atom. The van der Waals surface area contributed by atoms with Crippen molar-refractivity contribution in [3.8, 4) is 0 Å². The summed E-state index contributed by atoms with van der Waals surface area (Å²) < 4.78 is 0. The van der Waals surface area contributed by atoms with E-state index in [1.807, 2.05) is 58.9 Å². The van der Waals surface area contributed by atoms with Crippen LogP contribution in [-0.2, 0) is 20.8 Å². The van der Waals surface area contributed by atoms with Gasteiger partial charge in [-0.05, 0) is 30.5 Å². The van der Waals surface area contributed by atoms with Crippen LogP contribution in [0.1, 0.15) is 46.6 Å². The molecule has 1 saturated heterocycles. The molecule has 37 heavy (non-hydrogen) atoms. The molecule has 1 aromatic carbocycles. The maximum atomic E-state index is 11.6. The highest BCUT2D eigenvalue weighted by atomic mass is 32.1. The van der Waals surface area contributed by atoms with Gasteiger partial charge in [0.1, 0.15) is 0 Å². The van der Waals surface area contributed by atoms with Crippen LogP contribution in [-0.4, -0.2) is 111 Å². The highest BCUT2D eigenvalue weighted by Gasteiger charge is 2.27. The molecule has 0 spiro atoms. The summed E-state index contributed by atoms with van der Waals surface area (Å²) in [5.41, 5.74) is 1.86. The number of benzene rings is 1. The van der Waals surface area contributed by atoms with Gasteiger partial charge in [-0.15, -0.1) is 0 Å². The van der Waals surface area contributed by atoms with E-state index in [-0.39, 0.29) is 25.7 Å². The highest BCUT2D eigenvalue weighted by molar-refractivity contribution is 7.80. The van der Waals surface area contributed by atoms with Gasteiger partial charge in [-0.3, -0.25) is 29.1 Å². The molecule has 1 unspecified atom stereocenters. The molecule has 0 aliphatic carbocycles. The smallest absolute Gasteiger partial charge is 0.317 e. The van der Waals surface area contributed by atoms with Crippen molar-refractivity contribution in [3.05, 3.63) is 29.8 Å². The first kappa shape index (κ1) is 34.4. The molecule has 0 amide bonds. The van der Waals surface area contributed by atoms with Crippen molar-refractivity contribution < 1.29 is 29.7 Å². The molecule has 11 heteroatoms. The molecule has 2 rings (SSSR count). The SMILES string of the molecule is CC.CC.CCC(=S)Nc1ccc(CC2CN(CC(=O)O)CCN(CC(=O)O)CCN2CC(=O)O)cc1. The van der Waals surface area contributed by atoms with Crippen LogP contribution in [0.25, 0.3) is 0 Å². The Hall–Kier alpha value is -2.60. The molecule has 1 fully saturated rings. The summed E-state index contributed by atoms with van der Waals surface area (Å²) in [4.78, 5) is 40.2. The van der Waals surface area contributed by atoms with Gasteiger partial charge >= 0.3 is 17.9 Å². The Morgan fingerprint density at radius 2 is 1.32 bits per heavy atom. The number of carboxylic acids is 3. The summed E-state index contributed by atoms with van der Waals surface area (Å²) in [7, 11) is 0. The van der Waals surface area contributed by atoms with E-state index in [0.717, 1.165) is 22.7 Å². The number of hydrogen-bond acceptors (Lipinski definition) is 7. The summed E-state index contributed by atoms with van der Waals surface area (Å²) in [6.45, 7) is 11.3. The van der Waals surface area contributed by atoms with Crippen molar-refractivity contribution in [2.45, 2.75) is 53.5 Å². The van der Waals surface area contributed by atoms with Crippen molar-refractivity contribution in [2.75, 3.05) is 57.7 Å². The summed E-state index contributed by atoms with van der Waals surface area (Å²) >= 11 is 5.21. The van der Waals surface area contributed by atoms with E-state index in [2.05, 4.69) is 5.32 Å². The minimum absolute atomic E-state index is 0.180. The van der Waals surface area contributed by atoms with Crippen LogP contribution in [0.5, 0.6) is 0 Å². The fourth-order valence-corrected chi connectivity index (χ4v) is 3.98. The van der Waals surface area contributed by atoms with Crippen molar-refractivity contribution in [2.24, 2.45) is 0 Å². The van der Waals surface area contributed by atoms with Gasteiger partial charge in [-0.2, -0.15) is 0 Å². The molecule has 0 saturated carbocycles. The standard InChI is InChI=1S/C22H32N4O6S.2C2H6/c1-2-19(33)23-17-5-3-16(4-6-17)11-18-12-25(14-21(29)30)8-7-24(13-20(27)28)9-10-26(18)15-22(31)32;2*1-2/h3-6,18H,2,7-15H2,1H3,(H,23,33)(H,27,28)(H,29,30)(H,31,32);2*1-2H3. The second kappa shape index (κ2) is 19.5. The van der Waals surface area contributed by atoms with Gasteiger partial charge in [0, 0.05) is 44.5 Å². The van der Waals surface area contributed by atoms with Crippen LogP contribution in [0.3, 0.4) is 0 Å². The average molecular weight is 541 g/mol. The fraction of sp³-hybridized carbons (Fsp3) is 0.615. The van der Waals surface area contributed by atoms with Crippen LogP contribution < -0.4 is 5.32 Å². The zero-order valence-electron chi connectivity index (χ0n) is 22.8.